The normalized spacial score (nSPS) is 19.9. The Morgan fingerprint density at radius 2 is 1.81 bits per heavy atom. The van der Waals surface area contributed by atoms with Gasteiger partial charge in [0, 0.05) is 6.07 Å². The van der Waals surface area contributed by atoms with Crippen molar-refractivity contribution in [2.45, 2.75) is 38.0 Å². The zero-order chi connectivity index (χ0) is 22.5. The fourth-order valence-corrected chi connectivity index (χ4v) is 3.83. The number of nitrogens with zero attached hydrogens (tertiary/aromatic N) is 1. The van der Waals surface area contributed by atoms with Gasteiger partial charge in [-0.3, -0.25) is 4.90 Å². The Balaban J connectivity index is 1.50. The molecular weight excluding hydrogens is 405 g/mol. The molecule has 0 bridgehead atoms. The van der Waals surface area contributed by atoms with Crippen molar-refractivity contribution in [1.82, 2.24) is 4.90 Å². The third-order valence-electron chi connectivity index (χ3n) is 5.41. The van der Waals surface area contributed by atoms with Crippen molar-refractivity contribution in [3.8, 4) is 11.5 Å². The maximum absolute atomic E-state index is 13.1. The lowest BCUT2D eigenvalue weighted by Crippen LogP contribution is -2.57. The van der Waals surface area contributed by atoms with Crippen LogP contribution in [-0.4, -0.2) is 58.9 Å². The van der Waals surface area contributed by atoms with Gasteiger partial charge in [0.2, 0.25) is 0 Å². The average Bonchev–Trinajstić information content (AvgIpc) is 3.02. The molecule has 0 aliphatic carbocycles. The summed E-state index contributed by atoms with van der Waals surface area (Å²) in [6.07, 6.45) is -0.103. The number of hydrogen-bond donors (Lipinski definition) is 2. The van der Waals surface area contributed by atoms with Gasteiger partial charge < -0.3 is 24.4 Å². The highest BCUT2D eigenvalue weighted by Crippen LogP contribution is 2.38. The number of aliphatic hydroxyl groups is 1. The molecule has 8 heteroatoms. The number of aliphatic hydroxyl groups excluding tert-OH is 1. The molecule has 7 nitrogen and oxygen atoms in total. The fraction of sp³-hybridized carbons (Fsp3) is 0.435. The third-order valence-corrected chi connectivity index (χ3v) is 5.41. The first kappa shape index (κ1) is 22.8. The van der Waals surface area contributed by atoms with E-state index in [1.807, 2.05) is 24.3 Å². The summed E-state index contributed by atoms with van der Waals surface area (Å²) in [5.41, 5.74) is -0.968. The van der Waals surface area contributed by atoms with Gasteiger partial charge >= 0.3 is 6.09 Å². The Hall–Kier alpha value is -2.84. The molecular formula is C23H28FNO6. The summed E-state index contributed by atoms with van der Waals surface area (Å²) in [5.74, 6) is 0.767. The maximum atomic E-state index is 13.1. The highest BCUT2D eigenvalue weighted by atomic mass is 19.1. The molecule has 1 atom stereocenters. The molecule has 1 fully saturated rings. The van der Waals surface area contributed by atoms with E-state index in [-0.39, 0.29) is 25.6 Å². The quantitative estimate of drug-likeness (QED) is 0.587. The summed E-state index contributed by atoms with van der Waals surface area (Å²) >= 11 is 0. The molecule has 3 rings (SSSR count). The van der Waals surface area contributed by atoms with Crippen molar-refractivity contribution in [1.29, 1.82) is 0 Å². The molecule has 0 aromatic heterocycles. The first-order valence-electron chi connectivity index (χ1n) is 10.1. The number of amides is 1. The highest BCUT2D eigenvalue weighted by Gasteiger charge is 2.53. The molecule has 0 saturated carbocycles. The molecule has 168 valence electrons. The molecule has 2 aromatic rings. The van der Waals surface area contributed by atoms with Gasteiger partial charge in [-0.25, -0.2) is 9.18 Å². The Bertz CT molecular complexity index is 888. The van der Waals surface area contributed by atoms with Gasteiger partial charge in [-0.15, -0.1) is 0 Å². The van der Waals surface area contributed by atoms with Gasteiger partial charge in [-0.1, -0.05) is 18.2 Å². The van der Waals surface area contributed by atoms with Crippen molar-refractivity contribution < 1.29 is 33.6 Å². The van der Waals surface area contributed by atoms with Crippen LogP contribution in [-0.2, 0) is 11.2 Å². The van der Waals surface area contributed by atoms with Crippen LogP contribution in [0.4, 0.5) is 9.18 Å². The molecule has 1 heterocycles. The lowest BCUT2D eigenvalue weighted by molar-refractivity contribution is -0.0517. The second kappa shape index (κ2) is 9.53. The number of rotatable bonds is 9. The van der Waals surface area contributed by atoms with Crippen LogP contribution in [0, 0.1) is 5.82 Å². The van der Waals surface area contributed by atoms with Crippen LogP contribution in [0.2, 0.25) is 0 Å². The topological polar surface area (TPSA) is 88.5 Å². The lowest BCUT2D eigenvalue weighted by Gasteiger charge is -2.39. The number of halogens is 1. The fourth-order valence-electron chi connectivity index (χ4n) is 3.83. The van der Waals surface area contributed by atoms with Crippen molar-refractivity contribution in [3.63, 3.8) is 0 Å². The van der Waals surface area contributed by atoms with Crippen LogP contribution >= 0.6 is 0 Å². The number of carboxylic acid groups (broad SMARTS) is 1. The largest absolute Gasteiger partial charge is 0.490 e. The van der Waals surface area contributed by atoms with Gasteiger partial charge in [0.05, 0.1) is 18.8 Å². The average molecular weight is 433 g/mol. The summed E-state index contributed by atoms with van der Waals surface area (Å²) in [4.78, 5) is 13.0. The molecule has 1 aliphatic rings. The minimum atomic E-state index is -1.11. The Kier molecular flexibility index (Phi) is 7.02. The van der Waals surface area contributed by atoms with E-state index in [0.29, 0.717) is 30.9 Å². The van der Waals surface area contributed by atoms with E-state index in [0.717, 1.165) is 5.56 Å². The second-order valence-electron chi connectivity index (χ2n) is 8.03. The van der Waals surface area contributed by atoms with Gasteiger partial charge in [0.1, 0.15) is 36.3 Å². The Morgan fingerprint density at radius 1 is 1.13 bits per heavy atom. The number of aryl methyl sites for hydroxylation is 1. The number of benzene rings is 2. The minimum Gasteiger partial charge on any atom is -0.490 e. The molecule has 31 heavy (non-hydrogen) atoms. The number of carbonyl (C=O) groups is 1. The van der Waals surface area contributed by atoms with Gasteiger partial charge in [0.15, 0.2) is 0 Å². The predicted octanol–water partition coefficient (Wildman–Crippen LogP) is 3.69. The molecule has 1 saturated heterocycles. The zero-order valence-corrected chi connectivity index (χ0v) is 17.7. The van der Waals surface area contributed by atoms with Crippen molar-refractivity contribution in [2.24, 2.45) is 0 Å². The van der Waals surface area contributed by atoms with E-state index < -0.39 is 17.4 Å². The van der Waals surface area contributed by atoms with Gasteiger partial charge in [-0.05, 0) is 56.5 Å². The molecule has 2 aromatic carbocycles. The summed E-state index contributed by atoms with van der Waals surface area (Å²) in [5, 5.41) is 19.6. The van der Waals surface area contributed by atoms with Crippen molar-refractivity contribution >= 4 is 6.09 Å². The summed E-state index contributed by atoms with van der Waals surface area (Å²) in [6.45, 7) is 3.80. The van der Waals surface area contributed by atoms with Crippen LogP contribution in [0.5, 0.6) is 11.5 Å². The maximum Gasteiger partial charge on any atom is 0.410 e. The second-order valence-corrected chi connectivity index (χ2v) is 8.03. The summed E-state index contributed by atoms with van der Waals surface area (Å²) < 4.78 is 29.9. The standard InChI is InChI=1S/C23H28FNO6/c1-22(2)25(21(27)28)23(15-26,16-31-22)11-10-17-6-8-19(9-7-17)29-12-13-30-20-5-3-4-18(24)14-20/h3-9,14,26H,10-13,15-16H2,1-2H3,(H,27,28)/t23-/m0/s1. The monoisotopic (exact) mass is 433 g/mol. The Morgan fingerprint density at radius 3 is 2.42 bits per heavy atom. The zero-order valence-electron chi connectivity index (χ0n) is 17.7. The first-order chi connectivity index (χ1) is 14.8. The minimum absolute atomic E-state index is 0.148. The van der Waals surface area contributed by atoms with Crippen LogP contribution < -0.4 is 9.47 Å². The van der Waals surface area contributed by atoms with Gasteiger partial charge in [0.25, 0.3) is 0 Å². The number of hydrogen-bond acceptors (Lipinski definition) is 5. The van der Waals surface area contributed by atoms with Crippen LogP contribution in [0.15, 0.2) is 48.5 Å². The number of ether oxygens (including phenoxy) is 3. The molecule has 0 radical (unpaired) electrons. The van der Waals surface area contributed by atoms with E-state index in [2.05, 4.69) is 0 Å². The van der Waals surface area contributed by atoms with E-state index in [1.165, 1.54) is 17.0 Å². The van der Waals surface area contributed by atoms with E-state index in [4.69, 9.17) is 14.2 Å². The van der Waals surface area contributed by atoms with Gasteiger partial charge in [-0.2, -0.15) is 0 Å². The van der Waals surface area contributed by atoms with E-state index >= 15 is 0 Å². The molecule has 1 amide bonds. The molecule has 0 spiro atoms. The Labute approximate surface area is 181 Å². The van der Waals surface area contributed by atoms with Crippen LogP contribution in [0.1, 0.15) is 25.8 Å². The van der Waals surface area contributed by atoms with Crippen LogP contribution in [0.25, 0.3) is 0 Å². The van der Waals surface area contributed by atoms with Crippen molar-refractivity contribution in [2.75, 3.05) is 26.4 Å². The van der Waals surface area contributed by atoms with Crippen molar-refractivity contribution in [3.05, 3.63) is 59.9 Å². The molecule has 1 aliphatic heterocycles. The van der Waals surface area contributed by atoms with Crippen LogP contribution in [0.3, 0.4) is 0 Å². The predicted molar refractivity (Wildman–Crippen MR) is 112 cm³/mol. The smallest absolute Gasteiger partial charge is 0.410 e. The SMILES string of the molecule is CC1(C)OC[C@@](CO)(CCc2ccc(OCCOc3cccc(F)c3)cc2)N1C(=O)O. The summed E-state index contributed by atoms with van der Waals surface area (Å²) in [6, 6.07) is 13.4. The molecule has 2 N–H and O–H groups in total. The third kappa shape index (κ3) is 5.45. The molecule has 0 unspecified atom stereocenters. The van der Waals surface area contributed by atoms with E-state index in [9.17, 15) is 19.4 Å². The summed E-state index contributed by atoms with van der Waals surface area (Å²) in [7, 11) is 0. The lowest BCUT2D eigenvalue weighted by atomic mass is 9.91. The van der Waals surface area contributed by atoms with E-state index in [1.54, 1.807) is 26.0 Å². The first-order valence-corrected chi connectivity index (χ1v) is 10.1. The highest BCUT2D eigenvalue weighted by molar-refractivity contribution is 5.67.